The fourth-order valence-electron chi connectivity index (χ4n) is 4.40. The van der Waals surface area contributed by atoms with E-state index in [1.165, 1.54) is 5.56 Å². The molecular formula is C24H33N3O4. The third-order valence-corrected chi connectivity index (χ3v) is 6.05. The summed E-state index contributed by atoms with van der Waals surface area (Å²) >= 11 is 0. The van der Waals surface area contributed by atoms with E-state index in [9.17, 15) is 4.79 Å². The van der Waals surface area contributed by atoms with Gasteiger partial charge in [-0.15, -0.1) is 0 Å². The van der Waals surface area contributed by atoms with E-state index in [0.717, 1.165) is 49.7 Å². The van der Waals surface area contributed by atoms with Gasteiger partial charge in [-0.1, -0.05) is 6.07 Å². The molecule has 0 saturated carbocycles. The van der Waals surface area contributed by atoms with Gasteiger partial charge in [-0.2, -0.15) is 5.10 Å². The molecule has 2 aliphatic rings. The largest absolute Gasteiger partial charge is 0.492 e. The number of likely N-dealkylation sites (tertiary alicyclic amines) is 1. The first kappa shape index (κ1) is 21.7. The van der Waals surface area contributed by atoms with Gasteiger partial charge in [-0.3, -0.25) is 9.48 Å². The number of esters is 1. The second-order valence-electron chi connectivity index (χ2n) is 9.67. The molecule has 1 aromatic carbocycles. The number of hydrogen-bond donors (Lipinski definition) is 0. The van der Waals surface area contributed by atoms with Gasteiger partial charge in [0.05, 0.1) is 18.7 Å². The van der Waals surface area contributed by atoms with Gasteiger partial charge in [0.1, 0.15) is 23.7 Å². The molecule has 1 spiro atoms. The molecule has 168 valence electrons. The average Bonchev–Trinajstić information content (AvgIpc) is 3.28. The van der Waals surface area contributed by atoms with Crippen LogP contribution in [-0.2, 0) is 28.6 Å². The van der Waals surface area contributed by atoms with E-state index >= 15 is 0 Å². The minimum absolute atomic E-state index is 0.0667. The second kappa shape index (κ2) is 8.54. The Bertz CT molecular complexity index is 923. The van der Waals surface area contributed by atoms with Crippen molar-refractivity contribution in [1.82, 2.24) is 14.7 Å². The predicted octanol–water partition coefficient (Wildman–Crippen LogP) is 3.46. The zero-order valence-corrected chi connectivity index (χ0v) is 19.0. The van der Waals surface area contributed by atoms with Crippen LogP contribution < -0.4 is 9.47 Å². The molecule has 0 amide bonds. The third-order valence-electron chi connectivity index (χ3n) is 6.05. The normalized spacial score (nSPS) is 17.9. The summed E-state index contributed by atoms with van der Waals surface area (Å²) in [6, 6.07) is 8.15. The van der Waals surface area contributed by atoms with Crippen LogP contribution in [0, 0.1) is 0 Å². The molecule has 0 N–H and O–H groups in total. The fraction of sp³-hybridized carbons (Fsp3) is 0.583. The number of carbonyl (C=O) groups excluding carboxylic acids is 1. The summed E-state index contributed by atoms with van der Waals surface area (Å²) in [5.74, 6) is 1.61. The summed E-state index contributed by atoms with van der Waals surface area (Å²) in [4.78, 5) is 14.4. The summed E-state index contributed by atoms with van der Waals surface area (Å²) in [7, 11) is 1.90. The molecule has 0 unspecified atom stereocenters. The number of fused-ring (bicyclic) bond motifs is 2. The maximum absolute atomic E-state index is 12.0. The van der Waals surface area contributed by atoms with Gasteiger partial charge in [0.25, 0.3) is 0 Å². The molecule has 1 aromatic heterocycles. The average molecular weight is 428 g/mol. The van der Waals surface area contributed by atoms with E-state index in [0.29, 0.717) is 19.6 Å². The van der Waals surface area contributed by atoms with Crippen molar-refractivity contribution < 1.29 is 19.0 Å². The van der Waals surface area contributed by atoms with Crippen LogP contribution in [0.3, 0.4) is 0 Å². The number of carbonyl (C=O) groups is 1. The van der Waals surface area contributed by atoms with Crippen molar-refractivity contribution in [3.8, 4) is 11.5 Å². The van der Waals surface area contributed by atoms with Gasteiger partial charge in [0, 0.05) is 36.8 Å². The van der Waals surface area contributed by atoms with Gasteiger partial charge >= 0.3 is 5.97 Å². The summed E-state index contributed by atoms with van der Waals surface area (Å²) in [5, 5.41) is 4.34. The second-order valence-corrected chi connectivity index (χ2v) is 9.67. The minimum Gasteiger partial charge on any atom is -0.492 e. The maximum Gasteiger partial charge on any atom is 0.307 e. The lowest BCUT2D eigenvalue weighted by molar-refractivity contribution is -0.155. The molecule has 0 radical (unpaired) electrons. The smallest absolute Gasteiger partial charge is 0.307 e. The number of nitrogens with zero attached hydrogens (tertiary/aromatic N) is 3. The summed E-state index contributed by atoms with van der Waals surface area (Å²) in [5.41, 5.74) is 1.83. The quantitative estimate of drug-likeness (QED) is 0.658. The topological polar surface area (TPSA) is 65.8 Å². The number of ether oxygens (including phenoxy) is 3. The monoisotopic (exact) mass is 427 g/mol. The van der Waals surface area contributed by atoms with Crippen LogP contribution in [0.1, 0.15) is 51.3 Å². The van der Waals surface area contributed by atoms with E-state index in [4.69, 9.17) is 14.2 Å². The number of rotatable bonds is 6. The molecule has 1 fully saturated rings. The molecule has 0 atom stereocenters. The van der Waals surface area contributed by atoms with E-state index in [2.05, 4.69) is 16.1 Å². The molecule has 3 heterocycles. The molecular weight excluding hydrogens is 394 g/mol. The van der Waals surface area contributed by atoms with E-state index in [-0.39, 0.29) is 11.4 Å². The van der Waals surface area contributed by atoms with Gasteiger partial charge in [-0.25, -0.2) is 0 Å². The van der Waals surface area contributed by atoms with Crippen LogP contribution in [0.2, 0.25) is 0 Å². The molecule has 4 rings (SSSR count). The Morgan fingerprint density at radius 2 is 2.00 bits per heavy atom. The van der Waals surface area contributed by atoms with Crippen molar-refractivity contribution in [3.05, 3.63) is 41.7 Å². The standard InChI is InChI=1S/C24H33N3O4/c1-23(2,3)31-22(28)8-12-27-13-9-24(10-14-27)17-30-21-15-19(5-6-20(21)24)29-16-18-7-11-26(4)25-18/h5-7,11,15H,8-10,12-14,16-17H2,1-4H3. The third kappa shape index (κ3) is 5.21. The van der Waals surface area contributed by atoms with Crippen LogP contribution >= 0.6 is 0 Å². The molecule has 0 aliphatic carbocycles. The molecule has 7 heteroatoms. The van der Waals surface area contributed by atoms with Crippen molar-refractivity contribution in [2.45, 2.75) is 57.7 Å². The minimum atomic E-state index is -0.423. The lowest BCUT2D eigenvalue weighted by Crippen LogP contribution is -2.44. The Morgan fingerprint density at radius 1 is 1.23 bits per heavy atom. The first-order chi connectivity index (χ1) is 14.7. The molecule has 31 heavy (non-hydrogen) atoms. The number of aryl methyl sites for hydroxylation is 1. The van der Waals surface area contributed by atoms with E-state index in [1.54, 1.807) is 4.68 Å². The fourth-order valence-corrected chi connectivity index (χ4v) is 4.40. The molecule has 0 bridgehead atoms. The van der Waals surface area contributed by atoms with E-state index < -0.39 is 5.60 Å². The zero-order chi connectivity index (χ0) is 22.1. The highest BCUT2D eigenvalue weighted by molar-refractivity contribution is 5.70. The first-order valence-electron chi connectivity index (χ1n) is 11.1. The SMILES string of the molecule is Cn1ccc(COc2ccc3c(c2)OCC32CCN(CCC(=O)OC(C)(C)C)CC2)n1. The predicted molar refractivity (Wildman–Crippen MR) is 117 cm³/mol. The molecule has 2 aromatic rings. The van der Waals surface area contributed by atoms with Crippen LogP contribution in [0.15, 0.2) is 30.5 Å². The van der Waals surface area contributed by atoms with Gasteiger partial charge in [0.15, 0.2) is 0 Å². The highest BCUT2D eigenvalue weighted by Gasteiger charge is 2.43. The van der Waals surface area contributed by atoms with Crippen molar-refractivity contribution in [2.24, 2.45) is 7.05 Å². The van der Waals surface area contributed by atoms with Crippen molar-refractivity contribution in [2.75, 3.05) is 26.2 Å². The van der Waals surface area contributed by atoms with Crippen LogP contribution in [-0.4, -0.2) is 52.5 Å². The van der Waals surface area contributed by atoms with Crippen molar-refractivity contribution in [3.63, 3.8) is 0 Å². The number of aromatic nitrogens is 2. The van der Waals surface area contributed by atoms with Crippen LogP contribution in [0.4, 0.5) is 0 Å². The Hall–Kier alpha value is -2.54. The highest BCUT2D eigenvalue weighted by Crippen LogP contribution is 2.46. The number of piperidine rings is 1. The zero-order valence-electron chi connectivity index (χ0n) is 19.0. The Morgan fingerprint density at radius 3 is 2.68 bits per heavy atom. The summed E-state index contributed by atoms with van der Waals surface area (Å²) in [6.45, 7) is 9.54. The Labute approximate surface area is 184 Å². The summed E-state index contributed by atoms with van der Waals surface area (Å²) in [6.07, 6.45) is 4.41. The van der Waals surface area contributed by atoms with Gasteiger partial charge < -0.3 is 19.1 Å². The van der Waals surface area contributed by atoms with Crippen LogP contribution in [0.5, 0.6) is 11.5 Å². The molecule has 2 aliphatic heterocycles. The lowest BCUT2D eigenvalue weighted by Gasteiger charge is -2.38. The maximum atomic E-state index is 12.0. The Kier molecular flexibility index (Phi) is 5.97. The first-order valence-corrected chi connectivity index (χ1v) is 11.1. The number of hydrogen-bond acceptors (Lipinski definition) is 6. The van der Waals surface area contributed by atoms with Crippen molar-refractivity contribution in [1.29, 1.82) is 0 Å². The molecule has 1 saturated heterocycles. The van der Waals surface area contributed by atoms with Gasteiger partial charge in [0.2, 0.25) is 0 Å². The van der Waals surface area contributed by atoms with Gasteiger partial charge in [-0.05, 0) is 58.8 Å². The highest BCUT2D eigenvalue weighted by atomic mass is 16.6. The van der Waals surface area contributed by atoms with Crippen LogP contribution in [0.25, 0.3) is 0 Å². The lowest BCUT2D eigenvalue weighted by atomic mass is 9.74. The molecule has 7 nitrogen and oxygen atoms in total. The Balaban J connectivity index is 1.30. The summed E-state index contributed by atoms with van der Waals surface area (Å²) < 4.78 is 19.2. The van der Waals surface area contributed by atoms with E-state index in [1.807, 2.05) is 52.2 Å². The van der Waals surface area contributed by atoms with Crippen molar-refractivity contribution >= 4 is 5.97 Å². The number of benzene rings is 1.